The van der Waals surface area contributed by atoms with Gasteiger partial charge in [-0.15, -0.1) is 0 Å². The van der Waals surface area contributed by atoms with Gasteiger partial charge < -0.3 is 17.6 Å². The predicted octanol–water partition coefficient (Wildman–Crippen LogP) is 5.54. The third kappa shape index (κ3) is 12.8. The summed E-state index contributed by atoms with van der Waals surface area (Å²) in [4.78, 5) is 0. The van der Waals surface area contributed by atoms with Crippen LogP contribution in [-0.4, -0.2) is 46.0 Å². The fourth-order valence-electron chi connectivity index (χ4n) is 0.564. The Kier molecular flexibility index (Phi) is 15.8. The van der Waals surface area contributed by atoms with Gasteiger partial charge in [-0.2, -0.15) is 39.5 Å². The van der Waals surface area contributed by atoms with E-state index in [-0.39, 0.29) is 7.43 Å². The SMILES string of the molecule is CCC(C)(C)O.CCC(C)[N]=[Nb].OC(C(F)(F)F)(C(F)(F)F)C(F)(F)F.[CH3-]. The molecule has 0 saturated carbocycles. The van der Waals surface area contributed by atoms with Gasteiger partial charge in [-0.05, 0) is 20.3 Å². The van der Waals surface area contributed by atoms with E-state index in [2.05, 4.69) is 17.2 Å². The Balaban J connectivity index is -0.000000170. The Bertz CT molecular complexity index is 365. The molecule has 0 rings (SSSR count). The Hall–Kier alpha value is -0.170. The molecule has 0 radical (unpaired) electrons. The zero-order chi connectivity index (χ0) is 22.2. The van der Waals surface area contributed by atoms with Gasteiger partial charge in [-0.25, -0.2) is 0 Å². The predicted molar refractivity (Wildman–Crippen MR) is 78.3 cm³/mol. The van der Waals surface area contributed by atoms with Crippen molar-refractivity contribution in [3.05, 3.63) is 7.43 Å². The standard InChI is InChI=1S/C5H12O.C4HF9O.C4H9N.CH3.Nb/c1-4-5(2,3)6;5-2(6,7)1(14,3(8,9)10)4(11,12)13;1-3-4(2)5;;/h6H,4H2,1-3H3;14H;4H,3H2,1-2H3;1H3;/q;;;-1;. The molecule has 0 amide bonds. The summed E-state index contributed by atoms with van der Waals surface area (Å²) in [5, 5.41) is 16.5. The van der Waals surface area contributed by atoms with Gasteiger partial charge >= 0.3 is 74.7 Å². The summed E-state index contributed by atoms with van der Waals surface area (Å²) in [5.74, 6) is 0. The van der Waals surface area contributed by atoms with Gasteiger partial charge in [0.15, 0.2) is 0 Å². The second-order valence-electron chi connectivity index (χ2n) is 5.74. The first kappa shape index (κ1) is 34.3. The summed E-state index contributed by atoms with van der Waals surface area (Å²) in [7, 11) is 0. The molecule has 0 saturated heterocycles. The molecule has 1 atom stereocenters. The Morgan fingerprint density at radius 3 is 1.04 bits per heavy atom. The second-order valence-corrected chi connectivity index (χ2v) is 6.31. The zero-order valence-corrected chi connectivity index (χ0v) is 17.9. The van der Waals surface area contributed by atoms with E-state index in [0.717, 1.165) is 6.42 Å². The average Bonchev–Trinajstić information content (AvgIpc) is 2.42. The van der Waals surface area contributed by atoms with Crippen molar-refractivity contribution >= 4 is 0 Å². The molecular formula is C14H25F9NNbO2-. The average molecular weight is 503 g/mol. The normalized spacial score (nSPS) is 13.9. The van der Waals surface area contributed by atoms with Crippen molar-refractivity contribution in [2.75, 3.05) is 0 Å². The molecule has 0 aromatic heterocycles. The van der Waals surface area contributed by atoms with Gasteiger partial charge in [0.25, 0.3) is 0 Å². The minimum atomic E-state index is -6.87. The van der Waals surface area contributed by atoms with Crippen LogP contribution in [0.3, 0.4) is 0 Å². The van der Waals surface area contributed by atoms with E-state index in [0.29, 0.717) is 6.04 Å². The molecule has 0 bridgehead atoms. The number of hydrogen-bond acceptors (Lipinski definition) is 3. The van der Waals surface area contributed by atoms with Crippen molar-refractivity contribution < 1.29 is 70.6 Å². The molecule has 0 aliphatic carbocycles. The van der Waals surface area contributed by atoms with Gasteiger partial charge in [0.2, 0.25) is 0 Å². The molecule has 0 spiro atoms. The minimum absolute atomic E-state index is 0. The molecule has 167 valence electrons. The molecule has 1 unspecified atom stereocenters. The van der Waals surface area contributed by atoms with Crippen molar-refractivity contribution in [1.29, 1.82) is 0 Å². The molecule has 0 heterocycles. The first-order valence-electron chi connectivity index (χ1n) is 7.11. The van der Waals surface area contributed by atoms with Crippen LogP contribution in [0.4, 0.5) is 39.5 Å². The summed E-state index contributed by atoms with van der Waals surface area (Å²) in [6.45, 7) is 9.82. The van der Waals surface area contributed by atoms with Crippen molar-refractivity contribution in [3.8, 4) is 0 Å². The molecular weight excluding hydrogens is 478 g/mol. The van der Waals surface area contributed by atoms with Gasteiger partial charge in [-0.3, -0.25) is 0 Å². The summed E-state index contributed by atoms with van der Waals surface area (Å²) < 4.78 is 107. The number of halogens is 9. The fourth-order valence-corrected chi connectivity index (χ4v) is 0.965. The number of rotatable bonds is 3. The van der Waals surface area contributed by atoms with Crippen LogP contribution in [0, 0.1) is 7.43 Å². The summed E-state index contributed by atoms with van der Waals surface area (Å²) in [6, 6.07) is 0.582. The van der Waals surface area contributed by atoms with Crippen molar-refractivity contribution in [2.24, 2.45) is 3.34 Å². The van der Waals surface area contributed by atoms with Crippen LogP contribution in [0.5, 0.6) is 0 Å². The Morgan fingerprint density at radius 2 is 1.04 bits per heavy atom. The smallest absolute Gasteiger partial charge is 0.367 e. The summed E-state index contributed by atoms with van der Waals surface area (Å²) >= 11 is 1.55. The van der Waals surface area contributed by atoms with E-state index in [9.17, 15) is 39.5 Å². The number of alkyl halides is 9. The maximum Gasteiger partial charge on any atom is 0.435 e. The molecule has 0 aromatic rings. The Labute approximate surface area is 165 Å². The van der Waals surface area contributed by atoms with Gasteiger partial charge in [-0.1, -0.05) is 6.92 Å². The third-order valence-electron chi connectivity index (χ3n) is 2.88. The maximum absolute atomic E-state index is 11.4. The Morgan fingerprint density at radius 1 is 0.815 bits per heavy atom. The van der Waals surface area contributed by atoms with Crippen LogP contribution in [0.1, 0.15) is 47.5 Å². The van der Waals surface area contributed by atoms with Crippen molar-refractivity contribution in [1.82, 2.24) is 0 Å². The third-order valence-corrected chi connectivity index (χ3v) is 3.85. The molecule has 0 aliphatic heterocycles. The largest absolute Gasteiger partial charge is 0.435 e. The van der Waals surface area contributed by atoms with Crippen LogP contribution < -0.4 is 0 Å². The number of hydrogen-bond donors (Lipinski definition) is 2. The van der Waals surface area contributed by atoms with Crippen molar-refractivity contribution in [2.45, 2.75) is 83.2 Å². The molecule has 0 fully saturated rings. The van der Waals surface area contributed by atoms with E-state index in [1.807, 2.05) is 6.92 Å². The van der Waals surface area contributed by atoms with E-state index in [4.69, 9.17) is 10.2 Å². The summed E-state index contributed by atoms with van der Waals surface area (Å²) in [6.07, 6.45) is -18.6. The number of aliphatic hydroxyl groups is 2. The first-order chi connectivity index (χ1) is 11.1. The molecule has 27 heavy (non-hydrogen) atoms. The second kappa shape index (κ2) is 12.4. The molecule has 2 N–H and O–H groups in total. The van der Waals surface area contributed by atoms with Crippen LogP contribution in [-0.2, 0) is 20.9 Å². The maximum atomic E-state index is 11.4. The van der Waals surface area contributed by atoms with E-state index < -0.39 is 29.7 Å². The molecule has 0 aromatic carbocycles. The monoisotopic (exact) mass is 503 g/mol. The molecule has 0 aliphatic rings. The van der Waals surface area contributed by atoms with Gasteiger partial charge in [0.1, 0.15) is 0 Å². The molecule has 3 nitrogen and oxygen atoms in total. The van der Waals surface area contributed by atoms with E-state index >= 15 is 0 Å². The van der Waals surface area contributed by atoms with Crippen LogP contribution in [0.25, 0.3) is 0 Å². The van der Waals surface area contributed by atoms with Crippen LogP contribution in [0.15, 0.2) is 3.34 Å². The zero-order valence-electron chi connectivity index (χ0n) is 15.7. The molecule has 13 heteroatoms. The van der Waals surface area contributed by atoms with E-state index in [1.54, 1.807) is 34.7 Å². The number of nitrogens with zero attached hydrogens (tertiary/aromatic N) is 1. The topological polar surface area (TPSA) is 52.8 Å². The summed E-state index contributed by atoms with van der Waals surface area (Å²) in [5.41, 5.74) is -7.15. The first-order valence-corrected chi connectivity index (χ1v) is 8.09. The van der Waals surface area contributed by atoms with Crippen LogP contribution >= 0.6 is 0 Å². The fraction of sp³-hybridized carbons (Fsp3) is 0.929. The van der Waals surface area contributed by atoms with Crippen molar-refractivity contribution in [3.63, 3.8) is 0 Å². The van der Waals surface area contributed by atoms with Crippen LogP contribution in [0.2, 0.25) is 0 Å². The minimum Gasteiger partial charge on any atom is -0.367 e. The quantitative estimate of drug-likeness (QED) is 0.302. The van der Waals surface area contributed by atoms with Gasteiger partial charge in [0, 0.05) is 0 Å². The van der Waals surface area contributed by atoms with E-state index in [1.165, 1.54) is 6.42 Å². The van der Waals surface area contributed by atoms with Gasteiger partial charge in [0.05, 0.1) is 5.60 Å².